The third-order valence-electron chi connectivity index (χ3n) is 4.58. The smallest absolute Gasteiger partial charge is 0.290 e. The number of hydrogen-bond acceptors (Lipinski definition) is 6. The molecule has 4 rings (SSSR count). The number of allylic oxidation sites excluding steroid dienone is 1. The first-order valence-electron chi connectivity index (χ1n) is 8.76. The first-order chi connectivity index (χ1) is 12.7. The Kier molecular flexibility index (Phi) is 4.51. The van der Waals surface area contributed by atoms with E-state index in [4.69, 9.17) is 14.5 Å². The van der Waals surface area contributed by atoms with Crippen molar-refractivity contribution in [2.45, 2.75) is 32.2 Å². The number of ether oxygens (including phenoxy) is 2. The van der Waals surface area contributed by atoms with Gasteiger partial charge in [0.2, 0.25) is 5.76 Å². The molecule has 2 aromatic heterocycles. The van der Waals surface area contributed by atoms with Crippen LogP contribution in [0.1, 0.15) is 37.1 Å². The van der Waals surface area contributed by atoms with Crippen LogP contribution in [-0.4, -0.2) is 34.1 Å². The number of fused-ring (bicyclic) bond motifs is 1. The summed E-state index contributed by atoms with van der Waals surface area (Å²) in [6.07, 6.45) is 7.96. The average molecular weight is 352 g/mol. The molecule has 0 radical (unpaired) electrons. The predicted octanol–water partition coefficient (Wildman–Crippen LogP) is 2.31. The maximum absolute atomic E-state index is 12.6. The van der Waals surface area contributed by atoms with Gasteiger partial charge in [0.15, 0.2) is 5.82 Å². The van der Waals surface area contributed by atoms with Crippen LogP contribution in [0.4, 0.5) is 0 Å². The number of hydrogen-bond donors (Lipinski definition) is 1. The second kappa shape index (κ2) is 7.11. The first-order valence-corrected chi connectivity index (χ1v) is 8.76. The van der Waals surface area contributed by atoms with Crippen LogP contribution in [0.5, 0.6) is 0 Å². The minimum absolute atomic E-state index is 0.125. The van der Waals surface area contributed by atoms with Gasteiger partial charge in [-0.25, -0.2) is 9.97 Å². The number of carbonyl (C=O) groups is 1. The van der Waals surface area contributed by atoms with Gasteiger partial charge in [0.05, 0.1) is 6.04 Å². The highest BCUT2D eigenvalue weighted by Crippen LogP contribution is 2.30. The maximum atomic E-state index is 12.6. The minimum atomic E-state index is -0.253. The van der Waals surface area contributed by atoms with Crippen molar-refractivity contribution >= 4 is 5.91 Å². The van der Waals surface area contributed by atoms with Crippen molar-refractivity contribution in [3.8, 4) is 11.4 Å². The fourth-order valence-corrected chi connectivity index (χ4v) is 3.29. The zero-order valence-electron chi connectivity index (χ0n) is 14.6. The van der Waals surface area contributed by atoms with Crippen molar-refractivity contribution in [1.29, 1.82) is 0 Å². The molecule has 1 aliphatic heterocycles. The molecule has 0 spiro atoms. The first kappa shape index (κ1) is 16.5. The number of nitrogens with one attached hydrogen (secondary N) is 1. The van der Waals surface area contributed by atoms with Gasteiger partial charge in [-0.05, 0) is 38.3 Å². The van der Waals surface area contributed by atoms with E-state index in [-0.39, 0.29) is 17.7 Å². The minimum Gasteiger partial charge on any atom is -0.491 e. The van der Waals surface area contributed by atoms with E-state index in [1.807, 2.05) is 18.3 Å². The molecule has 134 valence electrons. The molecule has 1 aliphatic carbocycles. The number of amides is 1. The SMILES string of the molecule is CC1=C(C(=O)NC2CCCc3nc(-c4cccnc4)ncc32)OCCO1. The van der Waals surface area contributed by atoms with E-state index < -0.39 is 0 Å². The van der Waals surface area contributed by atoms with E-state index in [1.165, 1.54) is 0 Å². The van der Waals surface area contributed by atoms with Crippen LogP contribution in [0.2, 0.25) is 0 Å². The van der Waals surface area contributed by atoms with Crippen LogP contribution in [-0.2, 0) is 20.7 Å². The lowest BCUT2D eigenvalue weighted by Crippen LogP contribution is -2.35. The molecule has 0 fully saturated rings. The molecule has 1 amide bonds. The van der Waals surface area contributed by atoms with Gasteiger partial charge in [0, 0.05) is 35.4 Å². The molecule has 0 aromatic carbocycles. The second-order valence-corrected chi connectivity index (χ2v) is 6.34. The van der Waals surface area contributed by atoms with Crippen LogP contribution in [0.25, 0.3) is 11.4 Å². The van der Waals surface area contributed by atoms with Crippen molar-refractivity contribution in [3.05, 3.63) is 53.5 Å². The molecule has 1 atom stereocenters. The summed E-state index contributed by atoms with van der Waals surface area (Å²) < 4.78 is 10.9. The standard InChI is InChI=1S/C19H20N4O3/c1-12-17(26-9-8-25-12)19(24)23-16-6-2-5-15-14(16)11-21-18(22-15)13-4-3-7-20-10-13/h3-4,7,10-11,16H,2,5-6,8-9H2,1H3,(H,23,24). The van der Waals surface area contributed by atoms with Crippen LogP contribution in [0.15, 0.2) is 42.2 Å². The van der Waals surface area contributed by atoms with Crippen molar-refractivity contribution in [2.24, 2.45) is 0 Å². The Hall–Kier alpha value is -2.96. The van der Waals surface area contributed by atoms with E-state index in [1.54, 1.807) is 19.3 Å². The monoisotopic (exact) mass is 352 g/mol. The van der Waals surface area contributed by atoms with Crippen molar-refractivity contribution in [2.75, 3.05) is 13.2 Å². The lowest BCUT2D eigenvalue weighted by Gasteiger charge is -2.27. The van der Waals surface area contributed by atoms with Gasteiger partial charge >= 0.3 is 0 Å². The number of rotatable bonds is 3. The van der Waals surface area contributed by atoms with Crippen LogP contribution in [0, 0.1) is 0 Å². The van der Waals surface area contributed by atoms with Gasteiger partial charge in [-0.15, -0.1) is 0 Å². The Morgan fingerprint density at radius 3 is 2.96 bits per heavy atom. The summed E-state index contributed by atoms with van der Waals surface area (Å²) in [7, 11) is 0. The highest BCUT2D eigenvalue weighted by molar-refractivity contribution is 5.92. The third-order valence-corrected chi connectivity index (χ3v) is 4.58. The normalized spacial score (nSPS) is 19.2. The summed E-state index contributed by atoms with van der Waals surface area (Å²) in [6, 6.07) is 3.68. The fourth-order valence-electron chi connectivity index (χ4n) is 3.29. The second-order valence-electron chi connectivity index (χ2n) is 6.34. The molecule has 3 heterocycles. The number of aromatic nitrogens is 3. The molecule has 1 N–H and O–H groups in total. The summed E-state index contributed by atoms with van der Waals surface area (Å²) in [5.74, 6) is 1.19. The largest absolute Gasteiger partial charge is 0.491 e. The molecular weight excluding hydrogens is 332 g/mol. The van der Waals surface area contributed by atoms with Gasteiger partial charge in [-0.3, -0.25) is 9.78 Å². The van der Waals surface area contributed by atoms with Crippen LogP contribution in [0.3, 0.4) is 0 Å². The Morgan fingerprint density at radius 1 is 1.27 bits per heavy atom. The van der Waals surface area contributed by atoms with E-state index >= 15 is 0 Å². The zero-order chi connectivity index (χ0) is 17.9. The summed E-state index contributed by atoms with van der Waals surface area (Å²) in [4.78, 5) is 25.8. The van der Waals surface area contributed by atoms with Crippen molar-refractivity contribution in [3.63, 3.8) is 0 Å². The molecule has 0 bridgehead atoms. The molecule has 0 saturated carbocycles. The van der Waals surface area contributed by atoms with Crippen molar-refractivity contribution in [1.82, 2.24) is 20.3 Å². The Bertz CT molecular complexity index is 851. The summed E-state index contributed by atoms with van der Waals surface area (Å²) in [6.45, 7) is 2.60. The fraction of sp³-hybridized carbons (Fsp3) is 0.368. The van der Waals surface area contributed by atoms with E-state index in [0.717, 1.165) is 36.1 Å². The molecule has 7 nitrogen and oxygen atoms in total. The molecule has 2 aliphatic rings. The van der Waals surface area contributed by atoms with Crippen molar-refractivity contribution < 1.29 is 14.3 Å². The van der Waals surface area contributed by atoms with Gasteiger partial charge in [-0.2, -0.15) is 0 Å². The van der Waals surface area contributed by atoms with Gasteiger partial charge in [0.1, 0.15) is 19.0 Å². The Balaban J connectivity index is 1.57. The highest BCUT2D eigenvalue weighted by Gasteiger charge is 2.27. The van der Waals surface area contributed by atoms with E-state index in [9.17, 15) is 4.79 Å². The topological polar surface area (TPSA) is 86.2 Å². The molecule has 1 unspecified atom stereocenters. The number of nitrogens with zero attached hydrogens (tertiary/aromatic N) is 3. The Morgan fingerprint density at radius 2 is 2.15 bits per heavy atom. The predicted molar refractivity (Wildman–Crippen MR) is 93.7 cm³/mol. The van der Waals surface area contributed by atoms with Gasteiger partial charge in [0.25, 0.3) is 5.91 Å². The van der Waals surface area contributed by atoms with Gasteiger partial charge in [-0.1, -0.05) is 0 Å². The van der Waals surface area contributed by atoms with E-state index in [2.05, 4.69) is 15.3 Å². The number of carbonyl (C=O) groups excluding carboxylic acids is 1. The van der Waals surface area contributed by atoms with Gasteiger partial charge < -0.3 is 14.8 Å². The Labute approximate surface area is 151 Å². The summed E-state index contributed by atoms with van der Waals surface area (Å²) in [5.41, 5.74) is 2.82. The summed E-state index contributed by atoms with van der Waals surface area (Å²) >= 11 is 0. The molecule has 2 aromatic rings. The van der Waals surface area contributed by atoms with Crippen LogP contribution < -0.4 is 5.32 Å². The van der Waals surface area contributed by atoms with E-state index in [0.29, 0.717) is 24.8 Å². The molecule has 7 heteroatoms. The zero-order valence-corrected chi connectivity index (χ0v) is 14.6. The number of pyridine rings is 1. The molecule has 0 saturated heterocycles. The molecular formula is C19H20N4O3. The number of aryl methyl sites for hydroxylation is 1. The lowest BCUT2D eigenvalue weighted by molar-refractivity contribution is -0.123. The quantitative estimate of drug-likeness (QED) is 0.912. The summed E-state index contributed by atoms with van der Waals surface area (Å²) in [5, 5.41) is 3.04. The average Bonchev–Trinajstić information content (AvgIpc) is 2.69. The highest BCUT2D eigenvalue weighted by atomic mass is 16.6. The molecule has 26 heavy (non-hydrogen) atoms. The third kappa shape index (κ3) is 3.24. The lowest BCUT2D eigenvalue weighted by atomic mass is 9.92. The maximum Gasteiger partial charge on any atom is 0.290 e. The van der Waals surface area contributed by atoms with Crippen LogP contribution >= 0.6 is 0 Å².